The van der Waals surface area contributed by atoms with Crippen molar-refractivity contribution in [1.29, 1.82) is 0 Å². The number of likely N-dealkylation sites (tertiary alicyclic amines) is 1. The molecule has 0 saturated carbocycles. The molecule has 1 atom stereocenters. The summed E-state index contributed by atoms with van der Waals surface area (Å²) in [6.45, 7) is 7.85. The number of hydrogen-bond acceptors (Lipinski definition) is 5. The van der Waals surface area contributed by atoms with E-state index < -0.39 is 5.60 Å². The molecule has 1 N–H and O–H groups in total. The Bertz CT molecular complexity index is 705. The van der Waals surface area contributed by atoms with Crippen molar-refractivity contribution in [2.75, 3.05) is 19.7 Å². The number of nitrogens with zero attached hydrogens (tertiary/aromatic N) is 3. The SMILES string of the molecule is CC(C)(C)OC(=O)N1CCC[C@@H](CCCOc2nc3ncccc3[nH]2)C1. The molecule has 2 aromatic heterocycles. The fourth-order valence-corrected chi connectivity index (χ4v) is 3.23. The predicted molar refractivity (Wildman–Crippen MR) is 99.1 cm³/mol. The van der Waals surface area contributed by atoms with Crippen molar-refractivity contribution in [1.82, 2.24) is 19.9 Å². The maximum Gasteiger partial charge on any atom is 0.410 e. The van der Waals surface area contributed by atoms with Gasteiger partial charge in [0.05, 0.1) is 12.1 Å². The summed E-state index contributed by atoms with van der Waals surface area (Å²) in [6, 6.07) is 4.30. The first kappa shape index (κ1) is 18.5. The zero-order valence-electron chi connectivity index (χ0n) is 15.8. The molecule has 0 unspecified atom stereocenters. The van der Waals surface area contributed by atoms with Crippen LogP contribution in [0.2, 0.25) is 0 Å². The van der Waals surface area contributed by atoms with Crippen LogP contribution in [0.5, 0.6) is 6.01 Å². The molecule has 0 spiro atoms. The van der Waals surface area contributed by atoms with E-state index in [2.05, 4.69) is 15.0 Å². The largest absolute Gasteiger partial charge is 0.465 e. The molecule has 1 fully saturated rings. The number of H-pyrrole nitrogens is 1. The van der Waals surface area contributed by atoms with Crippen LogP contribution in [0.15, 0.2) is 18.3 Å². The van der Waals surface area contributed by atoms with Crippen LogP contribution in [-0.2, 0) is 4.74 Å². The molecular weight excluding hydrogens is 332 g/mol. The van der Waals surface area contributed by atoms with E-state index in [9.17, 15) is 4.79 Å². The highest BCUT2D eigenvalue weighted by Crippen LogP contribution is 2.23. The number of aromatic nitrogens is 3. The number of rotatable bonds is 5. The lowest BCUT2D eigenvalue weighted by Crippen LogP contribution is -2.42. The van der Waals surface area contributed by atoms with Crippen LogP contribution in [0.25, 0.3) is 11.2 Å². The standard InChI is InChI=1S/C19H28N4O3/c1-19(2,3)26-18(24)23-11-5-7-14(13-23)8-6-12-25-17-21-15-9-4-10-20-16(15)22-17/h4,9-10,14H,5-8,11-13H2,1-3H3,(H,20,21,22)/t14-/m0/s1. The van der Waals surface area contributed by atoms with Crippen LogP contribution in [0.3, 0.4) is 0 Å². The van der Waals surface area contributed by atoms with Crippen molar-refractivity contribution < 1.29 is 14.3 Å². The van der Waals surface area contributed by atoms with E-state index in [-0.39, 0.29) is 6.09 Å². The number of nitrogens with one attached hydrogen (secondary N) is 1. The Hall–Kier alpha value is -2.31. The number of aromatic amines is 1. The molecule has 0 bridgehead atoms. The maximum absolute atomic E-state index is 12.2. The molecule has 3 rings (SSSR count). The number of carbonyl (C=O) groups excluding carboxylic acids is 1. The van der Waals surface area contributed by atoms with Crippen molar-refractivity contribution in [3.8, 4) is 6.01 Å². The molecule has 1 aliphatic rings. The summed E-state index contributed by atoms with van der Waals surface area (Å²) in [5.74, 6) is 0.497. The third-order valence-corrected chi connectivity index (χ3v) is 4.40. The van der Waals surface area contributed by atoms with E-state index in [4.69, 9.17) is 9.47 Å². The van der Waals surface area contributed by atoms with Gasteiger partial charge < -0.3 is 19.4 Å². The van der Waals surface area contributed by atoms with Gasteiger partial charge in [-0.05, 0) is 64.5 Å². The number of pyridine rings is 1. The normalized spacial score (nSPS) is 18.1. The Morgan fingerprint density at radius 3 is 3.04 bits per heavy atom. The van der Waals surface area contributed by atoms with Crippen LogP contribution >= 0.6 is 0 Å². The van der Waals surface area contributed by atoms with Crippen molar-refractivity contribution >= 4 is 17.3 Å². The second kappa shape index (κ2) is 7.93. The van der Waals surface area contributed by atoms with Crippen LogP contribution in [0.1, 0.15) is 46.5 Å². The molecular formula is C19H28N4O3. The first-order valence-electron chi connectivity index (χ1n) is 9.32. The summed E-state index contributed by atoms with van der Waals surface area (Å²) in [6.07, 6.45) is 5.64. The third-order valence-electron chi connectivity index (χ3n) is 4.40. The number of ether oxygens (including phenoxy) is 2. The fourth-order valence-electron chi connectivity index (χ4n) is 3.23. The summed E-state index contributed by atoms with van der Waals surface area (Å²) in [4.78, 5) is 25.7. The lowest BCUT2D eigenvalue weighted by atomic mass is 9.94. The number of fused-ring (bicyclic) bond motifs is 1. The number of amides is 1. The zero-order valence-corrected chi connectivity index (χ0v) is 15.8. The van der Waals surface area contributed by atoms with Crippen molar-refractivity contribution in [2.24, 2.45) is 5.92 Å². The topological polar surface area (TPSA) is 80.3 Å². The molecule has 0 aromatic carbocycles. The number of imidazole rings is 1. The third kappa shape index (κ3) is 5.09. The molecule has 26 heavy (non-hydrogen) atoms. The summed E-state index contributed by atoms with van der Waals surface area (Å²) in [7, 11) is 0. The molecule has 1 amide bonds. The highest BCUT2D eigenvalue weighted by atomic mass is 16.6. The maximum atomic E-state index is 12.2. The summed E-state index contributed by atoms with van der Waals surface area (Å²) in [5, 5.41) is 0. The van der Waals surface area contributed by atoms with Crippen LogP contribution in [0, 0.1) is 5.92 Å². The second-order valence-electron chi connectivity index (χ2n) is 7.84. The minimum Gasteiger partial charge on any atom is -0.465 e. The molecule has 1 aliphatic heterocycles. The van der Waals surface area contributed by atoms with Crippen LogP contribution in [-0.4, -0.2) is 51.2 Å². The molecule has 2 aromatic rings. The smallest absolute Gasteiger partial charge is 0.410 e. The van der Waals surface area contributed by atoms with E-state index >= 15 is 0 Å². The molecule has 0 radical (unpaired) electrons. The summed E-state index contributed by atoms with van der Waals surface area (Å²) >= 11 is 0. The lowest BCUT2D eigenvalue weighted by molar-refractivity contribution is 0.0159. The number of piperidine rings is 1. The second-order valence-corrected chi connectivity index (χ2v) is 7.84. The Labute approximate surface area is 154 Å². The highest BCUT2D eigenvalue weighted by Gasteiger charge is 2.27. The Kier molecular flexibility index (Phi) is 5.64. The van der Waals surface area contributed by atoms with Gasteiger partial charge in [-0.2, -0.15) is 4.98 Å². The molecule has 7 nitrogen and oxygen atoms in total. The van der Waals surface area contributed by atoms with Crippen LogP contribution in [0.4, 0.5) is 4.79 Å². The number of carbonyl (C=O) groups is 1. The van der Waals surface area contributed by atoms with Gasteiger partial charge in [0.15, 0.2) is 5.65 Å². The minimum absolute atomic E-state index is 0.201. The van der Waals surface area contributed by atoms with Gasteiger partial charge in [0.2, 0.25) is 0 Å². The average Bonchev–Trinajstić information content (AvgIpc) is 3.00. The average molecular weight is 360 g/mol. The summed E-state index contributed by atoms with van der Waals surface area (Å²) in [5.41, 5.74) is 1.10. The van der Waals surface area contributed by atoms with Gasteiger partial charge in [0, 0.05) is 19.3 Å². The summed E-state index contributed by atoms with van der Waals surface area (Å²) < 4.78 is 11.2. The van der Waals surface area contributed by atoms with E-state index in [1.165, 1.54) is 0 Å². The van der Waals surface area contributed by atoms with Gasteiger partial charge in [-0.25, -0.2) is 9.78 Å². The van der Waals surface area contributed by atoms with Crippen molar-refractivity contribution in [3.05, 3.63) is 18.3 Å². The quantitative estimate of drug-likeness (QED) is 0.821. The molecule has 3 heterocycles. The highest BCUT2D eigenvalue weighted by molar-refractivity contribution is 5.70. The van der Waals surface area contributed by atoms with Crippen molar-refractivity contribution in [3.63, 3.8) is 0 Å². The Morgan fingerprint density at radius 2 is 2.27 bits per heavy atom. The first-order chi connectivity index (χ1) is 12.4. The predicted octanol–water partition coefficient (Wildman–Crippen LogP) is 3.76. The van der Waals surface area contributed by atoms with E-state index in [1.807, 2.05) is 37.8 Å². The Balaban J connectivity index is 1.41. The van der Waals surface area contributed by atoms with Gasteiger partial charge >= 0.3 is 6.09 Å². The fraction of sp³-hybridized carbons (Fsp3) is 0.632. The Morgan fingerprint density at radius 1 is 1.42 bits per heavy atom. The molecule has 0 aliphatic carbocycles. The van der Waals surface area contributed by atoms with Gasteiger partial charge in [-0.15, -0.1) is 0 Å². The number of hydrogen-bond donors (Lipinski definition) is 1. The van der Waals surface area contributed by atoms with E-state index in [0.29, 0.717) is 24.2 Å². The minimum atomic E-state index is -0.445. The zero-order chi connectivity index (χ0) is 18.6. The van der Waals surface area contributed by atoms with Crippen LogP contribution < -0.4 is 4.74 Å². The molecule has 1 saturated heterocycles. The van der Waals surface area contributed by atoms with E-state index in [0.717, 1.165) is 44.3 Å². The lowest BCUT2D eigenvalue weighted by Gasteiger charge is -2.34. The van der Waals surface area contributed by atoms with Gasteiger partial charge in [-0.3, -0.25) is 0 Å². The monoisotopic (exact) mass is 360 g/mol. The molecule has 142 valence electrons. The van der Waals surface area contributed by atoms with Crippen molar-refractivity contribution in [2.45, 2.75) is 52.1 Å². The molecule has 7 heteroatoms. The first-order valence-corrected chi connectivity index (χ1v) is 9.32. The van der Waals surface area contributed by atoms with Gasteiger partial charge in [-0.1, -0.05) is 0 Å². The van der Waals surface area contributed by atoms with Gasteiger partial charge in [0.1, 0.15) is 5.60 Å². The van der Waals surface area contributed by atoms with Gasteiger partial charge in [0.25, 0.3) is 6.01 Å². The van der Waals surface area contributed by atoms with E-state index in [1.54, 1.807) is 6.20 Å².